The minimum atomic E-state index is -0.0711. The van der Waals surface area contributed by atoms with Gasteiger partial charge in [-0.2, -0.15) is 10.2 Å². The van der Waals surface area contributed by atoms with E-state index in [1.807, 2.05) is 74.5 Å². The number of nitrogens with zero attached hydrogens (tertiary/aromatic N) is 5. The number of aryl methyl sites for hydroxylation is 3. The predicted octanol–water partition coefficient (Wildman–Crippen LogP) is 4.42. The lowest BCUT2D eigenvalue weighted by Gasteiger charge is -2.16. The van der Waals surface area contributed by atoms with Crippen molar-refractivity contribution < 1.29 is 4.79 Å². The fourth-order valence-corrected chi connectivity index (χ4v) is 3.69. The van der Waals surface area contributed by atoms with Crippen LogP contribution in [-0.2, 0) is 20.0 Å². The molecule has 31 heavy (non-hydrogen) atoms. The van der Waals surface area contributed by atoms with Gasteiger partial charge in [-0.15, -0.1) is 0 Å². The summed E-state index contributed by atoms with van der Waals surface area (Å²) in [6, 6.07) is 16.3. The molecule has 0 aliphatic heterocycles. The third kappa shape index (κ3) is 4.28. The Bertz CT molecular complexity index is 1200. The van der Waals surface area contributed by atoms with Gasteiger partial charge < -0.3 is 4.90 Å². The molecule has 0 atom stereocenters. The molecule has 0 aliphatic carbocycles. The summed E-state index contributed by atoms with van der Waals surface area (Å²) in [5, 5.41) is 9.03. The summed E-state index contributed by atoms with van der Waals surface area (Å²) in [6.07, 6.45) is 6.51. The Morgan fingerprint density at radius 2 is 1.77 bits per heavy atom. The summed E-state index contributed by atoms with van der Waals surface area (Å²) in [7, 11) is 3.68. The summed E-state index contributed by atoms with van der Waals surface area (Å²) in [5.74, 6) is -0.0711. The molecule has 2 heterocycles. The van der Waals surface area contributed by atoms with Gasteiger partial charge >= 0.3 is 0 Å². The lowest BCUT2D eigenvalue weighted by atomic mass is 10.0. The molecule has 0 saturated carbocycles. The molecule has 158 valence electrons. The fraction of sp³-hybridized carbons (Fsp3) is 0.240. The summed E-state index contributed by atoms with van der Waals surface area (Å²) < 4.78 is 3.55. The standard InChI is InChI=1S/C25H27N5O/c1-5-19-10-12-21(13-11-19)24-22(17-30(27-24)23-9-7-6-8-18(23)2)25(31)28(3)15-20-14-26-29(4)16-20/h6-14,16-17H,5,15H2,1-4H3. The maximum Gasteiger partial charge on any atom is 0.257 e. The Morgan fingerprint density at radius 1 is 1.03 bits per heavy atom. The first-order valence-electron chi connectivity index (χ1n) is 10.4. The lowest BCUT2D eigenvalue weighted by Crippen LogP contribution is -2.26. The van der Waals surface area contributed by atoms with Gasteiger partial charge in [0, 0.05) is 44.2 Å². The van der Waals surface area contributed by atoms with Crippen LogP contribution in [0.25, 0.3) is 16.9 Å². The van der Waals surface area contributed by atoms with Crippen LogP contribution < -0.4 is 0 Å². The van der Waals surface area contributed by atoms with Crippen LogP contribution in [0.3, 0.4) is 0 Å². The zero-order valence-electron chi connectivity index (χ0n) is 18.4. The van der Waals surface area contributed by atoms with E-state index in [0.29, 0.717) is 17.8 Å². The van der Waals surface area contributed by atoms with E-state index < -0.39 is 0 Å². The van der Waals surface area contributed by atoms with Crippen LogP contribution in [0.15, 0.2) is 67.1 Å². The first-order valence-corrected chi connectivity index (χ1v) is 10.4. The summed E-state index contributed by atoms with van der Waals surface area (Å²) in [6.45, 7) is 4.66. The van der Waals surface area contributed by atoms with E-state index in [9.17, 15) is 4.79 Å². The van der Waals surface area contributed by atoms with Crippen LogP contribution in [0.2, 0.25) is 0 Å². The number of rotatable bonds is 6. The second-order valence-corrected chi connectivity index (χ2v) is 7.86. The summed E-state index contributed by atoms with van der Waals surface area (Å²) >= 11 is 0. The Morgan fingerprint density at radius 3 is 2.42 bits per heavy atom. The molecule has 0 fully saturated rings. The molecule has 0 saturated heterocycles. The van der Waals surface area contributed by atoms with Gasteiger partial charge in [0.15, 0.2) is 0 Å². The van der Waals surface area contributed by atoms with Crippen LogP contribution in [0, 0.1) is 6.92 Å². The SMILES string of the molecule is CCc1ccc(-c2nn(-c3ccccc3C)cc2C(=O)N(C)Cc2cnn(C)c2)cc1. The number of hydrogen-bond donors (Lipinski definition) is 0. The number of hydrogen-bond acceptors (Lipinski definition) is 3. The van der Waals surface area contributed by atoms with Crippen LogP contribution in [0.4, 0.5) is 0 Å². The van der Waals surface area contributed by atoms with E-state index in [0.717, 1.165) is 28.8 Å². The van der Waals surface area contributed by atoms with E-state index in [1.54, 1.807) is 15.8 Å². The van der Waals surface area contributed by atoms with Gasteiger partial charge in [-0.1, -0.05) is 49.4 Å². The highest BCUT2D eigenvalue weighted by atomic mass is 16.2. The van der Waals surface area contributed by atoms with Crippen molar-refractivity contribution in [2.45, 2.75) is 26.8 Å². The predicted molar refractivity (Wildman–Crippen MR) is 122 cm³/mol. The monoisotopic (exact) mass is 413 g/mol. The van der Waals surface area contributed by atoms with Gasteiger partial charge in [0.2, 0.25) is 0 Å². The van der Waals surface area contributed by atoms with Gasteiger partial charge in [-0.05, 0) is 30.5 Å². The first kappa shape index (κ1) is 20.6. The van der Waals surface area contributed by atoms with Crippen LogP contribution in [-0.4, -0.2) is 37.4 Å². The van der Waals surface area contributed by atoms with Crippen molar-refractivity contribution in [3.05, 3.63) is 89.4 Å². The van der Waals surface area contributed by atoms with E-state index in [2.05, 4.69) is 24.2 Å². The third-order valence-corrected chi connectivity index (χ3v) is 5.47. The maximum absolute atomic E-state index is 13.4. The van der Waals surface area contributed by atoms with Crippen molar-refractivity contribution >= 4 is 5.91 Å². The minimum Gasteiger partial charge on any atom is -0.337 e. The number of aromatic nitrogens is 4. The van der Waals surface area contributed by atoms with Crippen molar-refractivity contribution in [2.24, 2.45) is 7.05 Å². The fourth-order valence-electron chi connectivity index (χ4n) is 3.69. The molecule has 0 spiro atoms. The minimum absolute atomic E-state index is 0.0711. The van der Waals surface area contributed by atoms with Crippen molar-refractivity contribution in [3.63, 3.8) is 0 Å². The summed E-state index contributed by atoms with van der Waals surface area (Å²) in [5.41, 5.74) is 6.50. The van der Waals surface area contributed by atoms with Gasteiger partial charge in [0.05, 0.1) is 17.4 Å². The highest BCUT2D eigenvalue weighted by Gasteiger charge is 2.22. The number of amides is 1. The van der Waals surface area contributed by atoms with E-state index >= 15 is 0 Å². The number of carbonyl (C=O) groups is 1. The third-order valence-electron chi connectivity index (χ3n) is 5.47. The lowest BCUT2D eigenvalue weighted by molar-refractivity contribution is 0.0786. The molecular formula is C25H27N5O. The molecule has 4 rings (SSSR count). The molecule has 6 heteroatoms. The van der Waals surface area contributed by atoms with Gasteiger partial charge in [0.25, 0.3) is 5.91 Å². The Balaban J connectivity index is 1.75. The molecule has 0 unspecified atom stereocenters. The topological polar surface area (TPSA) is 56.0 Å². The van der Waals surface area contributed by atoms with Crippen molar-refractivity contribution in [1.29, 1.82) is 0 Å². The van der Waals surface area contributed by atoms with Gasteiger partial charge in [-0.25, -0.2) is 4.68 Å². The second-order valence-electron chi connectivity index (χ2n) is 7.86. The molecule has 2 aromatic heterocycles. The molecule has 2 aromatic carbocycles. The molecule has 0 aliphatic rings. The average molecular weight is 414 g/mol. The number of para-hydroxylation sites is 1. The Kier molecular flexibility index (Phi) is 5.71. The zero-order valence-corrected chi connectivity index (χ0v) is 18.4. The number of benzene rings is 2. The first-order chi connectivity index (χ1) is 15.0. The zero-order chi connectivity index (χ0) is 22.0. The van der Waals surface area contributed by atoms with Gasteiger partial charge in [-0.3, -0.25) is 9.48 Å². The van der Waals surface area contributed by atoms with E-state index in [4.69, 9.17) is 5.10 Å². The van der Waals surface area contributed by atoms with Gasteiger partial charge in [0.1, 0.15) is 5.69 Å². The Labute approximate surface area is 182 Å². The highest BCUT2D eigenvalue weighted by molar-refractivity contribution is 5.99. The molecule has 0 radical (unpaired) electrons. The summed E-state index contributed by atoms with van der Waals surface area (Å²) in [4.78, 5) is 15.2. The highest BCUT2D eigenvalue weighted by Crippen LogP contribution is 2.26. The van der Waals surface area contributed by atoms with Crippen LogP contribution in [0.1, 0.15) is 34.0 Å². The molecule has 4 aromatic rings. The molecule has 1 amide bonds. The molecular weight excluding hydrogens is 386 g/mol. The molecule has 0 bridgehead atoms. The largest absolute Gasteiger partial charge is 0.337 e. The molecule has 0 N–H and O–H groups in total. The normalized spacial score (nSPS) is 11.0. The average Bonchev–Trinajstić information content (AvgIpc) is 3.40. The van der Waals surface area contributed by atoms with Crippen molar-refractivity contribution in [1.82, 2.24) is 24.5 Å². The van der Waals surface area contributed by atoms with Crippen LogP contribution in [0.5, 0.6) is 0 Å². The smallest absolute Gasteiger partial charge is 0.257 e. The van der Waals surface area contributed by atoms with Crippen molar-refractivity contribution in [2.75, 3.05) is 7.05 Å². The van der Waals surface area contributed by atoms with Crippen LogP contribution >= 0.6 is 0 Å². The second kappa shape index (κ2) is 8.60. The Hall–Kier alpha value is -3.67. The van der Waals surface area contributed by atoms with E-state index in [-0.39, 0.29) is 5.91 Å². The maximum atomic E-state index is 13.4. The van der Waals surface area contributed by atoms with E-state index in [1.165, 1.54) is 5.56 Å². The number of carbonyl (C=O) groups excluding carboxylic acids is 1. The quantitative estimate of drug-likeness (QED) is 0.470. The molecule has 6 nitrogen and oxygen atoms in total. The van der Waals surface area contributed by atoms with Crippen molar-refractivity contribution in [3.8, 4) is 16.9 Å².